The largest absolute Gasteiger partial charge is 0.496 e. The van der Waals surface area contributed by atoms with Crippen molar-refractivity contribution in [3.8, 4) is 11.8 Å². The molecule has 9 heteroatoms. The second kappa shape index (κ2) is 8.30. The standard InChI is InChI=1S/C22H21F2N5O2/c1-31-19-7-9-26-12-18(19)22(23,24)8-6-21(30)28-13-16-3-4-17(14-28)29(16)20-5-2-15(10-25)11-27-20/h2,5-9,11-12,16-17H,3-4,13-14H2,1H3/b8-6+. The Morgan fingerprint density at radius 3 is 2.61 bits per heavy atom. The van der Waals surface area contributed by atoms with Gasteiger partial charge in [-0.1, -0.05) is 0 Å². The molecular weight excluding hydrogens is 404 g/mol. The first-order chi connectivity index (χ1) is 14.9. The zero-order valence-corrected chi connectivity index (χ0v) is 16.9. The van der Waals surface area contributed by atoms with Gasteiger partial charge in [0.25, 0.3) is 5.92 Å². The van der Waals surface area contributed by atoms with E-state index in [9.17, 15) is 13.6 Å². The van der Waals surface area contributed by atoms with Crippen molar-refractivity contribution >= 4 is 11.7 Å². The molecule has 0 aromatic carbocycles. The second-order valence-electron chi connectivity index (χ2n) is 7.58. The molecule has 2 unspecified atom stereocenters. The van der Waals surface area contributed by atoms with E-state index in [0.717, 1.165) is 30.9 Å². The lowest BCUT2D eigenvalue weighted by Gasteiger charge is -2.41. The number of halogens is 2. The fraction of sp³-hybridized carbons (Fsp3) is 0.364. The third-order valence-electron chi connectivity index (χ3n) is 5.73. The van der Waals surface area contributed by atoms with Crippen molar-refractivity contribution in [3.63, 3.8) is 0 Å². The molecule has 2 saturated heterocycles. The number of methoxy groups -OCH3 is 1. The van der Waals surface area contributed by atoms with Crippen molar-refractivity contribution in [2.24, 2.45) is 0 Å². The molecule has 4 rings (SSSR count). The summed E-state index contributed by atoms with van der Waals surface area (Å²) in [5.41, 5.74) is 0.0968. The zero-order valence-electron chi connectivity index (χ0n) is 16.9. The van der Waals surface area contributed by atoms with Crippen LogP contribution in [0.3, 0.4) is 0 Å². The van der Waals surface area contributed by atoms with Crippen LogP contribution in [0.4, 0.5) is 14.6 Å². The van der Waals surface area contributed by atoms with Gasteiger partial charge in [-0.15, -0.1) is 0 Å². The molecule has 7 nitrogen and oxygen atoms in total. The molecule has 2 aliphatic heterocycles. The second-order valence-corrected chi connectivity index (χ2v) is 7.58. The lowest BCUT2D eigenvalue weighted by atomic mass is 10.1. The van der Waals surface area contributed by atoms with Gasteiger partial charge in [0.1, 0.15) is 17.6 Å². The van der Waals surface area contributed by atoms with E-state index in [1.807, 2.05) is 12.1 Å². The summed E-state index contributed by atoms with van der Waals surface area (Å²) in [7, 11) is 1.31. The Morgan fingerprint density at radius 1 is 1.26 bits per heavy atom. The fourth-order valence-corrected chi connectivity index (χ4v) is 4.24. The number of allylic oxidation sites excluding steroid dienone is 1. The molecule has 0 saturated carbocycles. The first-order valence-corrected chi connectivity index (χ1v) is 9.92. The highest BCUT2D eigenvalue weighted by atomic mass is 19.3. The molecule has 0 radical (unpaired) electrons. The van der Waals surface area contributed by atoms with Gasteiger partial charge in [-0.25, -0.2) is 4.98 Å². The number of fused-ring (bicyclic) bond motifs is 2. The number of aromatic nitrogens is 2. The molecule has 31 heavy (non-hydrogen) atoms. The maximum atomic E-state index is 14.6. The zero-order chi connectivity index (χ0) is 22.0. The van der Waals surface area contributed by atoms with Crippen LogP contribution >= 0.6 is 0 Å². The smallest absolute Gasteiger partial charge is 0.297 e. The summed E-state index contributed by atoms with van der Waals surface area (Å²) in [6.07, 6.45) is 7.25. The highest BCUT2D eigenvalue weighted by Gasteiger charge is 2.42. The number of nitrogens with zero attached hydrogens (tertiary/aromatic N) is 5. The average Bonchev–Trinajstić information content (AvgIpc) is 3.06. The number of hydrogen-bond acceptors (Lipinski definition) is 6. The molecule has 2 atom stereocenters. The monoisotopic (exact) mass is 425 g/mol. The van der Waals surface area contributed by atoms with Gasteiger partial charge >= 0.3 is 0 Å². The molecular formula is C22H21F2N5O2. The van der Waals surface area contributed by atoms with Crippen LogP contribution in [0.2, 0.25) is 0 Å². The lowest BCUT2D eigenvalue weighted by molar-refractivity contribution is -0.127. The third kappa shape index (κ3) is 4.06. The lowest BCUT2D eigenvalue weighted by Crippen LogP contribution is -2.55. The van der Waals surface area contributed by atoms with Gasteiger partial charge in [0.05, 0.1) is 18.2 Å². The van der Waals surface area contributed by atoms with Crippen molar-refractivity contribution in [3.05, 3.63) is 60.1 Å². The first kappa shape index (κ1) is 20.7. The quantitative estimate of drug-likeness (QED) is 0.685. The molecule has 0 spiro atoms. The van der Waals surface area contributed by atoms with E-state index in [1.165, 1.54) is 25.6 Å². The Labute approximate surface area is 178 Å². The highest BCUT2D eigenvalue weighted by Crippen LogP contribution is 2.36. The van der Waals surface area contributed by atoms with E-state index in [1.54, 1.807) is 11.0 Å². The molecule has 2 aliphatic rings. The van der Waals surface area contributed by atoms with Crippen LogP contribution in [0.1, 0.15) is 24.0 Å². The van der Waals surface area contributed by atoms with Crippen molar-refractivity contribution < 1.29 is 18.3 Å². The number of pyridine rings is 2. The van der Waals surface area contributed by atoms with Gasteiger partial charge in [-0.3, -0.25) is 9.78 Å². The van der Waals surface area contributed by atoms with Gasteiger partial charge in [0, 0.05) is 49.8 Å². The van der Waals surface area contributed by atoms with Gasteiger partial charge in [-0.05, 0) is 37.1 Å². The van der Waals surface area contributed by atoms with Crippen LogP contribution < -0.4 is 9.64 Å². The van der Waals surface area contributed by atoms with Gasteiger partial charge < -0.3 is 14.5 Å². The number of likely N-dealkylation sites (tertiary alicyclic amines) is 1. The number of rotatable bonds is 5. The van der Waals surface area contributed by atoms with E-state index in [-0.39, 0.29) is 17.8 Å². The van der Waals surface area contributed by atoms with Crippen molar-refractivity contribution in [1.29, 1.82) is 5.26 Å². The summed E-state index contributed by atoms with van der Waals surface area (Å²) < 4.78 is 34.2. The van der Waals surface area contributed by atoms with E-state index in [4.69, 9.17) is 10.00 Å². The predicted octanol–water partition coefficient (Wildman–Crippen LogP) is 2.88. The van der Waals surface area contributed by atoms with Gasteiger partial charge in [-0.2, -0.15) is 14.0 Å². The number of hydrogen-bond donors (Lipinski definition) is 0. The number of ether oxygens (including phenoxy) is 1. The molecule has 160 valence electrons. The SMILES string of the molecule is COc1ccncc1C(F)(F)/C=C/C(=O)N1CC2CCC(C1)N2c1ccc(C#N)cn1. The van der Waals surface area contributed by atoms with Crippen LogP contribution in [0, 0.1) is 11.3 Å². The number of alkyl halides is 2. The van der Waals surface area contributed by atoms with Crippen molar-refractivity contribution in [1.82, 2.24) is 14.9 Å². The number of anilines is 1. The molecule has 0 aliphatic carbocycles. The summed E-state index contributed by atoms with van der Waals surface area (Å²) in [5.74, 6) is -3.06. The Bertz CT molecular complexity index is 1020. The van der Waals surface area contributed by atoms with Crippen molar-refractivity contribution in [2.75, 3.05) is 25.1 Å². The maximum absolute atomic E-state index is 14.6. The van der Waals surface area contributed by atoms with Gasteiger partial charge in [0.15, 0.2) is 0 Å². The fourth-order valence-electron chi connectivity index (χ4n) is 4.24. The normalized spacial score (nSPS) is 20.7. The molecule has 2 aromatic heterocycles. The van der Waals surface area contributed by atoms with E-state index < -0.39 is 17.4 Å². The predicted molar refractivity (Wildman–Crippen MR) is 109 cm³/mol. The van der Waals surface area contributed by atoms with E-state index >= 15 is 0 Å². The molecule has 2 fully saturated rings. The summed E-state index contributed by atoms with van der Waals surface area (Å²) in [6, 6.07) is 7.06. The Morgan fingerprint density at radius 2 is 2.00 bits per heavy atom. The minimum atomic E-state index is -3.39. The number of carbonyl (C=O) groups is 1. The topological polar surface area (TPSA) is 82.4 Å². The van der Waals surface area contributed by atoms with Gasteiger partial charge in [0.2, 0.25) is 5.91 Å². The number of amides is 1. The molecule has 1 amide bonds. The minimum absolute atomic E-state index is 0.0127. The third-order valence-corrected chi connectivity index (χ3v) is 5.73. The number of nitriles is 1. The van der Waals surface area contributed by atoms with Crippen LogP contribution in [0.5, 0.6) is 5.75 Å². The summed E-state index contributed by atoms with van der Waals surface area (Å²) >= 11 is 0. The Balaban J connectivity index is 1.46. The molecule has 0 N–H and O–H groups in total. The van der Waals surface area contributed by atoms with Crippen LogP contribution in [-0.4, -0.2) is 53.1 Å². The molecule has 4 heterocycles. The summed E-state index contributed by atoms with van der Waals surface area (Å²) in [5, 5.41) is 8.94. The summed E-state index contributed by atoms with van der Waals surface area (Å²) in [6.45, 7) is 0.867. The molecule has 2 aromatic rings. The van der Waals surface area contributed by atoms with E-state index in [2.05, 4.69) is 14.9 Å². The maximum Gasteiger partial charge on any atom is 0.297 e. The van der Waals surface area contributed by atoms with Crippen LogP contribution in [0.25, 0.3) is 0 Å². The first-order valence-electron chi connectivity index (χ1n) is 9.92. The van der Waals surface area contributed by atoms with Crippen LogP contribution in [-0.2, 0) is 10.7 Å². The van der Waals surface area contributed by atoms with Crippen LogP contribution in [0.15, 0.2) is 48.9 Å². The minimum Gasteiger partial charge on any atom is -0.496 e. The number of piperazine rings is 1. The van der Waals surface area contributed by atoms with E-state index in [0.29, 0.717) is 24.7 Å². The Kier molecular flexibility index (Phi) is 5.55. The highest BCUT2D eigenvalue weighted by molar-refractivity contribution is 5.88. The molecule has 2 bridgehead atoms. The average molecular weight is 425 g/mol. The number of carbonyl (C=O) groups excluding carboxylic acids is 1. The Hall–Kier alpha value is -3.54. The van der Waals surface area contributed by atoms with Crippen molar-refractivity contribution in [2.45, 2.75) is 30.8 Å². The summed E-state index contributed by atoms with van der Waals surface area (Å²) in [4.78, 5) is 24.5.